The number of nitrogens with one attached hydrogen (secondary N) is 1. The quantitative estimate of drug-likeness (QED) is 0.246. The fourth-order valence-electron chi connectivity index (χ4n) is 4.21. The van der Waals surface area contributed by atoms with Crippen LogP contribution in [0, 0.1) is 13.8 Å². The van der Waals surface area contributed by atoms with Crippen LogP contribution >= 0.6 is 22.9 Å². The second-order valence-electron chi connectivity index (χ2n) is 10.3. The molecule has 39 heavy (non-hydrogen) atoms. The third kappa shape index (κ3) is 7.25. The van der Waals surface area contributed by atoms with Crippen LogP contribution in [0.3, 0.4) is 0 Å². The molecule has 0 saturated heterocycles. The van der Waals surface area contributed by atoms with Crippen LogP contribution in [0.15, 0.2) is 72.1 Å². The Morgan fingerprint density at radius 1 is 1.00 bits per heavy atom. The number of benzene rings is 3. The van der Waals surface area contributed by atoms with Crippen molar-refractivity contribution in [3.63, 3.8) is 0 Å². The van der Waals surface area contributed by atoms with Crippen LogP contribution in [0.1, 0.15) is 47.4 Å². The van der Waals surface area contributed by atoms with Crippen molar-refractivity contribution in [3.05, 3.63) is 99.0 Å². The molecule has 0 aliphatic heterocycles. The maximum absolute atomic E-state index is 13.3. The van der Waals surface area contributed by atoms with Gasteiger partial charge in [-0.3, -0.25) is 9.69 Å². The van der Waals surface area contributed by atoms with Crippen molar-refractivity contribution >= 4 is 46.3 Å². The SMILES string of the molecule is Cc1ccc(C(=O)Nc2ccc(N(C(=O)OCCc3csc(C)n3)C(C)(C)C)cc2)c(-c2ccc(Cl)cc2)c1. The van der Waals surface area contributed by atoms with Gasteiger partial charge in [0.2, 0.25) is 0 Å². The van der Waals surface area contributed by atoms with Gasteiger partial charge in [0, 0.05) is 39.3 Å². The Bertz CT molecular complexity index is 1460. The molecule has 6 nitrogen and oxygen atoms in total. The number of anilines is 2. The van der Waals surface area contributed by atoms with Gasteiger partial charge in [-0.15, -0.1) is 11.3 Å². The summed E-state index contributed by atoms with van der Waals surface area (Å²) < 4.78 is 5.60. The summed E-state index contributed by atoms with van der Waals surface area (Å²) in [4.78, 5) is 32.4. The van der Waals surface area contributed by atoms with Crippen molar-refractivity contribution in [2.45, 2.75) is 46.6 Å². The van der Waals surface area contributed by atoms with Gasteiger partial charge in [-0.2, -0.15) is 0 Å². The summed E-state index contributed by atoms with van der Waals surface area (Å²) >= 11 is 7.64. The van der Waals surface area contributed by atoms with Gasteiger partial charge in [0.25, 0.3) is 5.91 Å². The van der Waals surface area contributed by atoms with E-state index in [1.54, 1.807) is 40.5 Å². The Balaban J connectivity index is 1.48. The van der Waals surface area contributed by atoms with E-state index in [-0.39, 0.29) is 12.5 Å². The van der Waals surface area contributed by atoms with Crippen molar-refractivity contribution in [3.8, 4) is 11.1 Å². The molecular formula is C31H32ClN3O3S. The number of hydrogen-bond donors (Lipinski definition) is 1. The van der Waals surface area contributed by atoms with E-state index in [4.69, 9.17) is 16.3 Å². The fraction of sp³-hybridized carbons (Fsp3) is 0.258. The molecule has 0 unspecified atom stereocenters. The summed E-state index contributed by atoms with van der Waals surface area (Å²) in [7, 11) is 0. The molecule has 1 heterocycles. The lowest BCUT2D eigenvalue weighted by molar-refractivity contribution is 0.102. The zero-order valence-electron chi connectivity index (χ0n) is 22.7. The van der Waals surface area contributed by atoms with Crippen LogP contribution in [0.2, 0.25) is 5.02 Å². The average Bonchev–Trinajstić information content (AvgIpc) is 3.29. The molecule has 4 aromatic rings. The fourth-order valence-corrected chi connectivity index (χ4v) is 4.99. The smallest absolute Gasteiger partial charge is 0.414 e. The first-order chi connectivity index (χ1) is 18.5. The number of halogens is 1. The van der Waals surface area contributed by atoms with Gasteiger partial charge in [0.1, 0.15) is 0 Å². The number of carbonyl (C=O) groups is 2. The summed E-state index contributed by atoms with van der Waals surface area (Å²) in [6.45, 7) is 10.0. The van der Waals surface area contributed by atoms with Crippen LogP contribution in [0.25, 0.3) is 11.1 Å². The highest BCUT2D eigenvalue weighted by atomic mass is 35.5. The monoisotopic (exact) mass is 561 g/mol. The van der Waals surface area contributed by atoms with E-state index in [1.165, 1.54) is 0 Å². The second kappa shape index (κ2) is 12.0. The first kappa shape index (κ1) is 28.3. The molecule has 0 saturated carbocycles. The Hall–Kier alpha value is -3.68. The summed E-state index contributed by atoms with van der Waals surface area (Å²) in [5.41, 5.74) is 5.04. The molecule has 0 bridgehead atoms. The van der Waals surface area contributed by atoms with Gasteiger partial charge in [-0.1, -0.05) is 41.4 Å². The minimum Gasteiger partial charge on any atom is -0.449 e. The maximum Gasteiger partial charge on any atom is 0.414 e. The Morgan fingerprint density at radius 3 is 2.31 bits per heavy atom. The highest BCUT2D eigenvalue weighted by Crippen LogP contribution is 2.29. The maximum atomic E-state index is 13.3. The number of carbonyl (C=O) groups excluding carboxylic acids is 2. The minimum atomic E-state index is -0.519. The van der Waals surface area contributed by atoms with Crippen LogP contribution in [-0.2, 0) is 11.2 Å². The van der Waals surface area contributed by atoms with Crippen molar-refractivity contribution in [2.24, 2.45) is 0 Å². The molecule has 0 fully saturated rings. The molecule has 0 spiro atoms. The predicted molar refractivity (Wildman–Crippen MR) is 160 cm³/mol. The van der Waals surface area contributed by atoms with Gasteiger partial charge in [-0.05, 0) is 88.2 Å². The summed E-state index contributed by atoms with van der Waals surface area (Å²) in [6.07, 6.45) is 0.134. The molecule has 0 aliphatic carbocycles. The van der Waals surface area contributed by atoms with Crippen molar-refractivity contribution in [1.82, 2.24) is 4.98 Å². The van der Waals surface area contributed by atoms with Gasteiger partial charge >= 0.3 is 6.09 Å². The molecule has 0 aliphatic rings. The topological polar surface area (TPSA) is 71.5 Å². The third-order valence-corrected chi connectivity index (χ3v) is 7.14. The van der Waals surface area contributed by atoms with Crippen molar-refractivity contribution in [1.29, 1.82) is 0 Å². The van der Waals surface area contributed by atoms with Gasteiger partial charge in [0.15, 0.2) is 0 Å². The predicted octanol–water partition coefficient (Wildman–Crippen LogP) is 8.32. The summed E-state index contributed by atoms with van der Waals surface area (Å²) in [5.74, 6) is -0.225. The van der Waals surface area contributed by atoms with E-state index in [0.717, 1.165) is 27.4 Å². The van der Waals surface area contributed by atoms with E-state index in [0.29, 0.717) is 28.4 Å². The highest BCUT2D eigenvalue weighted by molar-refractivity contribution is 7.09. The van der Waals surface area contributed by atoms with Gasteiger partial charge in [-0.25, -0.2) is 9.78 Å². The largest absolute Gasteiger partial charge is 0.449 e. The molecule has 3 aromatic carbocycles. The van der Waals surface area contributed by atoms with Crippen LogP contribution < -0.4 is 10.2 Å². The van der Waals surface area contributed by atoms with Gasteiger partial charge in [0.05, 0.1) is 17.3 Å². The number of ether oxygens (including phenoxy) is 1. The lowest BCUT2D eigenvalue weighted by atomic mass is 9.97. The van der Waals surface area contributed by atoms with E-state index < -0.39 is 11.6 Å². The molecule has 0 atom stereocenters. The molecule has 1 aromatic heterocycles. The zero-order valence-corrected chi connectivity index (χ0v) is 24.3. The Labute approximate surface area is 238 Å². The zero-order chi connectivity index (χ0) is 28.2. The van der Waals surface area contributed by atoms with Gasteiger partial charge < -0.3 is 10.1 Å². The summed E-state index contributed by atoms with van der Waals surface area (Å²) in [5, 5.41) is 6.59. The number of nitrogens with zero attached hydrogens (tertiary/aromatic N) is 2. The number of amides is 2. The Morgan fingerprint density at radius 2 is 1.69 bits per heavy atom. The van der Waals surface area contributed by atoms with E-state index in [2.05, 4.69) is 10.3 Å². The first-order valence-corrected chi connectivity index (χ1v) is 13.9. The Kier molecular flexibility index (Phi) is 8.73. The lowest BCUT2D eigenvalue weighted by Crippen LogP contribution is -2.46. The number of aromatic nitrogens is 1. The van der Waals surface area contributed by atoms with Crippen LogP contribution in [0.5, 0.6) is 0 Å². The number of hydrogen-bond acceptors (Lipinski definition) is 5. The average molecular weight is 562 g/mol. The molecule has 8 heteroatoms. The highest BCUT2D eigenvalue weighted by Gasteiger charge is 2.29. The molecule has 1 N–H and O–H groups in total. The standard InChI is InChI=1S/C31H32ClN3O3S/c1-20-6-15-27(28(18-20)22-7-9-23(32)10-8-22)29(36)34-24-11-13-26(14-12-24)35(31(3,4)5)30(37)38-17-16-25-19-39-21(2)33-25/h6-15,18-19H,16-17H2,1-5H3,(H,34,36). The number of aryl methyl sites for hydroxylation is 2. The number of thiazole rings is 1. The number of rotatable bonds is 7. The van der Waals surface area contributed by atoms with Crippen molar-refractivity contribution in [2.75, 3.05) is 16.8 Å². The first-order valence-electron chi connectivity index (χ1n) is 12.7. The summed E-state index contributed by atoms with van der Waals surface area (Å²) in [6, 6.07) is 20.3. The molecular weight excluding hydrogens is 530 g/mol. The molecule has 202 valence electrons. The second-order valence-corrected chi connectivity index (χ2v) is 11.8. The van der Waals surface area contributed by atoms with Crippen LogP contribution in [-0.4, -0.2) is 29.1 Å². The van der Waals surface area contributed by atoms with E-state index in [9.17, 15) is 9.59 Å². The normalized spacial score (nSPS) is 11.2. The molecule has 0 radical (unpaired) electrons. The minimum absolute atomic E-state index is 0.225. The van der Waals surface area contributed by atoms with Crippen LogP contribution in [0.4, 0.5) is 16.2 Å². The third-order valence-electron chi connectivity index (χ3n) is 6.06. The van der Waals surface area contributed by atoms with Crippen molar-refractivity contribution < 1.29 is 14.3 Å². The lowest BCUT2D eigenvalue weighted by Gasteiger charge is -2.34. The van der Waals surface area contributed by atoms with E-state index in [1.807, 2.05) is 82.5 Å². The molecule has 4 rings (SSSR count). The van der Waals surface area contributed by atoms with E-state index >= 15 is 0 Å². The molecule has 2 amide bonds.